The molecule has 0 amide bonds. The van der Waals surface area contributed by atoms with E-state index < -0.39 is 0 Å². The average Bonchev–Trinajstić information content (AvgIpc) is 3.50. The average molecular weight is 716 g/mol. The fourth-order valence-corrected chi connectivity index (χ4v) is 8.86. The Bertz CT molecular complexity index is 2820. The van der Waals surface area contributed by atoms with Gasteiger partial charge in [-0.05, 0) is 120 Å². The van der Waals surface area contributed by atoms with Crippen LogP contribution in [0.4, 0.5) is 17.1 Å². The molecule has 0 radical (unpaired) electrons. The van der Waals surface area contributed by atoms with Crippen molar-refractivity contribution in [2.24, 2.45) is 0 Å². The van der Waals surface area contributed by atoms with E-state index in [-0.39, 0.29) is 5.41 Å². The normalized spacial score (nSPS) is 12.6. The van der Waals surface area contributed by atoms with Gasteiger partial charge in [-0.2, -0.15) is 0 Å². The van der Waals surface area contributed by atoms with Gasteiger partial charge in [0.05, 0.1) is 0 Å². The lowest BCUT2D eigenvalue weighted by Crippen LogP contribution is -2.16. The van der Waals surface area contributed by atoms with E-state index in [2.05, 4.69) is 231 Å². The molecule has 9 aromatic rings. The van der Waals surface area contributed by atoms with Gasteiger partial charge in [0.25, 0.3) is 0 Å². The van der Waals surface area contributed by atoms with Crippen LogP contribution < -0.4 is 4.90 Å². The van der Waals surface area contributed by atoms with Gasteiger partial charge in [-0.3, -0.25) is 0 Å². The van der Waals surface area contributed by atoms with E-state index in [9.17, 15) is 0 Å². The van der Waals surface area contributed by atoms with Gasteiger partial charge < -0.3 is 4.90 Å². The van der Waals surface area contributed by atoms with Gasteiger partial charge >= 0.3 is 0 Å². The van der Waals surface area contributed by atoms with Crippen LogP contribution in [-0.4, -0.2) is 0 Å². The Labute approximate surface area is 329 Å². The predicted octanol–water partition coefficient (Wildman–Crippen LogP) is 15.3. The smallest absolute Gasteiger partial charge is 0.0468 e. The van der Waals surface area contributed by atoms with E-state index in [0.29, 0.717) is 0 Å². The molecular formula is C55H41N. The highest BCUT2D eigenvalue weighted by Gasteiger charge is 2.38. The fourth-order valence-electron chi connectivity index (χ4n) is 8.86. The zero-order chi connectivity index (χ0) is 37.6. The molecule has 0 fully saturated rings. The molecule has 0 aromatic heterocycles. The largest absolute Gasteiger partial charge is 0.310 e. The van der Waals surface area contributed by atoms with Crippen LogP contribution in [0.3, 0.4) is 0 Å². The lowest BCUT2D eigenvalue weighted by molar-refractivity contribution is 0.666. The quantitative estimate of drug-likeness (QED) is 0.159. The Morgan fingerprint density at radius 1 is 0.304 bits per heavy atom. The zero-order valence-corrected chi connectivity index (χ0v) is 31.7. The van der Waals surface area contributed by atoms with E-state index in [4.69, 9.17) is 0 Å². The summed E-state index contributed by atoms with van der Waals surface area (Å²) in [5.41, 5.74) is 18.4. The molecule has 0 heterocycles. The van der Waals surface area contributed by atoms with Gasteiger partial charge in [-0.15, -0.1) is 0 Å². The molecule has 0 aliphatic heterocycles. The fraction of sp³-hybridized carbons (Fsp3) is 0.0545. The molecule has 0 saturated carbocycles. The minimum Gasteiger partial charge on any atom is -0.310 e. The minimum absolute atomic E-state index is 0.155. The number of fused-ring (bicyclic) bond motifs is 5. The lowest BCUT2D eigenvalue weighted by Gasteiger charge is -2.27. The molecule has 56 heavy (non-hydrogen) atoms. The summed E-state index contributed by atoms with van der Waals surface area (Å²) >= 11 is 0. The zero-order valence-electron chi connectivity index (χ0n) is 31.7. The molecule has 1 aliphatic rings. The summed E-state index contributed by atoms with van der Waals surface area (Å²) in [7, 11) is 0. The highest BCUT2D eigenvalue weighted by atomic mass is 15.1. The molecule has 1 aliphatic carbocycles. The van der Waals surface area contributed by atoms with Crippen molar-refractivity contribution in [2.75, 3.05) is 4.90 Å². The second kappa shape index (κ2) is 13.7. The van der Waals surface area contributed by atoms with Crippen LogP contribution >= 0.6 is 0 Å². The van der Waals surface area contributed by atoms with Crippen molar-refractivity contribution in [3.63, 3.8) is 0 Å². The maximum atomic E-state index is 2.45. The van der Waals surface area contributed by atoms with Crippen molar-refractivity contribution in [1.29, 1.82) is 0 Å². The molecule has 0 unspecified atom stereocenters. The summed E-state index contributed by atoms with van der Waals surface area (Å²) in [6, 6.07) is 77.4. The van der Waals surface area contributed by atoms with Crippen LogP contribution in [-0.2, 0) is 5.41 Å². The van der Waals surface area contributed by atoms with Crippen LogP contribution in [0.15, 0.2) is 212 Å². The first-order valence-electron chi connectivity index (χ1n) is 19.5. The molecule has 1 heteroatoms. The number of rotatable bonds is 7. The molecule has 0 N–H and O–H groups in total. The summed E-state index contributed by atoms with van der Waals surface area (Å²) in [5.74, 6) is 0. The molecule has 0 spiro atoms. The van der Waals surface area contributed by atoms with Crippen LogP contribution in [0.5, 0.6) is 0 Å². The number of hydrogen-bond acceptors (Lipinski definition) is 1. The maximum Gasteiger partial charge on any atom is 0.0468 e. The summed E-state index contributed by atoms with van der Waals surface area (Å²) in [6.07, 6.45) is 0. The lowest BCUT2D eigenvalue weighted by atomic mass is 9.79. The number of anilines is 3. The van der Waals surface area contributed by atoms with Crippen molar-refractivity contribution in [1.82, 2.24) is 0 Å². The standard InChI is InChI=1S/C55H41N/c1-55(2)53-35-34-47(36-51(53)52-37-50(44-18-10-5-11-19-44)48-20-12-13-21-49(48)54(52)55)56(45-30-26-42(27-31-45)39-16-8-4-9-17-39)46-32-28-43(29-33-46)41-24-22-40(23-25-41)38-14-6-3-7-15-38/h3-37H,1-2H3. The number of benzene rings is 9. The van der Waals surface area contributed by atoms with E-state index in [0.717, 1.165) is 17.1 Å². The topological polar surface area (TPSA) is 3.24 Å². The molecule has 10 rings (SSSR count). The predicted molar refractivity (Wildman–Crippen MR) is 238 cm³/mol. The Balaban J connectivity index is 1.10. The molecule has 1 nitrogen and oxygen atoms in total. The van der Waals surface area contributed by atoms with Crippen molar-refractivity contribution in [3.8, 4) is 55.6 Å². The molecule has 9 aromatic carbocycles. The number of nitrogens with zero attached hydrogens (tertiary/aromatic N) is 1. The highest BCUT2D eigenvalue weighted by Crippen LogP contribution is 2.54. The molecule has 0 atom stereocenters. The van der Waals surface area contributed by atoms with Gasteiger partial charge in [0, 0.05) is 22.5 Å². The van der Waals surface area contributed by atoms with Crippen molar-refractivity contribution >= 4 is 27.8 Å². The minimum atomic E-state index is -0.155. The van der Waals surface area contributed by atoms with Crippen molar-refractivity contribution in [2.45, 2.75) is 19.3 Å². The third kappa shape index (κ3) is 5.81. The summed E-state index contributed by atoms with van der Waals surface area (Å²) in [5, 5.41) is 2.63. The van der Waals surface area contributed by atoms with Gasteiger partial charge in [0.15, 0.2) is 0 Å². The van der Waals surface area contributed by atoms with E-state index >= 15 is 0 Å². The van der Waals surface area contributed by atoms with E-state index in [1.165, 1.54) is 77.5 Å². The van der Waals surface area contributed by atoms with Crippen molar-refractivity contribution in [3.05, 3.63) is 223 Å². The van der Waals surface area contributed by atoms with E-state index in [1.54, 1.807) is 0 Å². The second-order valence-electron chi connectivity index (χ2n) is 15.4. The Morgan fingerprint density at radius 3 is 1.20 bits per heavy atom. The maximum absolute atomic E-state index is 2.45. The SMILES string of the molecule is CC1(C)c2ccc(N(c3ccc(-c4ccccc4)cc3)c3ccc(-c4ccc(-c5ccccc5)cc4)cc3)cc2-c2cc(-c3ccccc3)c3ccccc3c21. The summed E-state index contributed by atoms with van der Waals surface area (Å²) in [6.45, 7) is 4.77. The monoisotopic (exact) mass is 715 g/mol. The Hall–Kier alpha value is -6.96. The molecule has 266 valence electrons. The highest BCUT2D eigenvalue weighted by molar-refractivity contribution is 6.06. The molecule has 0 bridgehead atoms. The van der Waals surface area contributed by atoms with Gasteiger partial charge in [0.2, 0.25) is 0 Å². The molecule has 0 saturated heterocycles. The first-order valence-corrected chi connectivity index (χ1v) is 19.5. The third-order valence-electron chi connectivity index (χ3n) is 11.7. The van der Waals surface area contributed by atoms with Crippen LogP contribution in [0.25, 0.3) is 66.4 Å². The van der Waals surface area contributed by atoms with Crippen LogP contribution in [0.1, 0.15) is 25.0 Å². The Morgan fingerprint density at radius 2 is 0.696 bits per heavy atom. The van der Waals surface area contributed by atoms with Gasteiger partial charge in [0.1, 0.15) is 0 Å². The van der Waals surface area contributed by atoms with Crippen LogP contribution in [0.2, 0.25) is 0 Å². The Kier molecular flexibility index (Phi) is 8.23. The summed E-state index contributed by atoms with van der Waals surface area (Å²) < 4.78 is 0. The van der Waals surface area contributed by atoms with Gasteiger partial charge in [-0.1, -0.05) is 184 Å². The van der Waals surface area contributed by atoms with Gasteiger partial charge in [-0.25, -0.2) is 0 Å². The number of hydrogen-bond donors (Lipinski definition) is 0. The first kappa shape index (κ1) is 33.6. The van der Waals surface area contributed by atoms with Crippen molar-refractivity contribution < 1.29 is 0 Å². The third-order valence-corrected chi connectivity index (χ3v) is 11.7. The second-order valence-corrected chi connectivity index (χ2v) is 15.4. The first-order chi connectivity index (χ1) is 27.5. The molecular weight excluding hydrogens is 675 g/mol. The van der Waals surface area contributed by atoms with E-state index in [1.807, 2.05) is 0 Å². The summed E-state index contributed by atoms with van der Waals surface area (Å²) in [4.78, 5) is 2.40. The van der Waals surface area contributed by atoms with Crippen LogP contribution in [0, 0.1) is 0 Å².